The number of ether oxygens (including phenoxy) is 1. The molecule has 0 bridgehead atoms. The molecule has 1 heterocycles. The predicted molar refractivity (Wildman–Crippen MR) is 104 cm³/mol. The van der Waals surface area contributed by atoms with Crippen molar-refractivity contribution in [3.05, 3.63) is 65.7 Å². The summed E-state index contributed by atoms with van der Waals surface area (Å²) < 4.78 is 5.69. The molecule has 0 saturated carbocycles. The molecular formula is C22H28N2O2. The fourth-order valence-electron chi connectivity index (χ4n) is 3.09. The lowest BCUT2D eigenvalue weighted by atomic mass is 10.1. The second-order valence-corrected chi connectivity index (χ2v) is 7.28. The van der Waals surface area contributed by atoms with Gasteiger partial charge in [-0.15, -0.1) is 0 Å². The molecule has 0 spiro atoms. The first-order valence-electron chi connectivity index (χ1n) is 9.40. The first-order valence-corrected chi connectivity index (χ1v) is 9.40. The van der Waals surface area contributed by atoms with E-state index in [9.17, 15) is 4.79 Å². The number of carbonyl (C=O) groups excluding carboxylic acids is 1. The van der Waals surface area contributed by atoms with E-state index in [1.54, 1.807) is 0 Å². The first-order chi connectivity index (χ1) is 12.6. The Labute approximate surface area is 156 Å². The van der Waals surface area contributed by atoms with Crippen LogP contribution < -0.4 is 4.74 Å². The van der Waals surface area contributed by atoms with Crippen LogP contribution >= 0.6 is 0 Å². The van der Waals surface area contributed by atoms with Crippen LogP contribution in [-0.4, -0.2) is 48.5 Å². The third-order valence-corrected chi connectivity index (χ3v) is 4.59. The molecule has 3 rings (SSSR count). The molecule has 4 nitrogen and oxygen atoms in total. The lowest BCUT2D eigenvalue weighted by Gasteiger charge is -2.34. The Kier molecular flexibility index (Phi) is 6.29. The first kappa shape index (κ1) is 18.5. The summed E-state index contributed by atoms with van der Waals surface area (Å²) in [7, 11) is 0. The van der Waals surface area contributed by atoms with Crippen molar-refractivity contribution in [3.63, 3.8) is 0 Å². The van der Waals surface area contributed by atoms with Crippen LogP contribution in [0.5, 0.6) is 5.75 Å². The van der Waals surface area contributed by atoms with E-state index in [1.165, 1.54) is 5.56 Å². The third kappa shape index (κ3) is 5.09. The largest absolute Gasteiger partial charge is 0.493 e. The van der Waals surface area contributed by atoms with Gasteiger partial charge in [0.05, 0.1) is 6.61 Å². The summed E-state index contributed by atoms with van der Waals surface area (Å²) >= 11 is 0. The summed E-state index contributed by atoms with van der Waals surface area (Å²) in [5.41, 5.74) is 2.06. The molecule has 1 amide bonds. The zero-order chi connectivity index (χ0) is 18.4. The summed E-state index contributed by atoms with van der Waals surface area (Å²) in [5.74, 6) is 1.42. The molecule has 1 aliphatic heterocycles. The molecule has 0 aliphatic carbocycles. The maximum atomic E-state index is 12.7. The molecule has 0 atom stereocenters. The number of hydrogen-bond acceptors (Lipinski definition) is 3. The molecule has 2 aromatic rings. The lowest BCUT2D eigenvalue weighted by Crippen LogP contribution is -2.48. The Bertz CT molecular complexity index is 690. The maximum absolute atomic E-state index is 12.7. The van der Waals surface area contributed by atoms with Crippen LogP contribution in [0.15, 0.2) is 54.6 Å². The highest BCUT2D eigenvalue weighted by Gasteiger charge is 2.22. The van der Waals surface area contributed by atoms with Gasteiger partial charge in [-0.25, -0.2) is 0 Å². The Hall–Kier alpha value is -2.33. The monoisotopic (exact) mass is 352 g/mol. The molecule has 0 aromatic heterocycles. The number of rotatable bonds is 6. The molecule has 1 saturated heterocycles. The quantitative estimate of drug-likeness (QED) is 0.795. The Morgan fingerprint density at radius 2 is 1.62 bits per heavy atom. The van der Waals surface area contributed by atoms with Crippen molar-refractivity contribution in [2.45, 2.75) is 20.4 Å². The van der Waals surface area contributed by atoms with Gasteiger partial charge in [0.25, 0.3) is 5.91 Å². The number of amides is 1. The minimum Gasteiger partial charge on any atom is -0.493 e. The van der Waals surface area contributed by atoms with Crippen LogP contribution in [0.3, 0.4) is 0 Å². The van der Waals surface area contributed by atoms with Crippen LogP contribution in [0.4, 0.5) is 0 Å². The van der Waals surface area contributed by atoms with Gasteiger partial charge in [0.15, 0.2) is 0 Å². The van der Waals surface area contributed by atoms with Gasteiger partial charge >= 0.3 is 0 Å². The standard InChI is InChI=1S/C22H28N2O2/c1-18(2)17-26-21-10-8-20(9-11-21)22(25)24-14-12-23(13-15-24)16-19-6-4-3-5-7-19/h3-11,18H,12-17H2,1-2H3. The minimum atomic E-state index is 0.111. The zero-order valence-electron chi connectivity index (χ0n) is 15.7. The Morgan fingerprint density at radius 1 is 0.962 bits per heavy atom. The van der Waals surface area contributed by atoms with E-state index in [4.69, 9.17) is 4.74 Å². The summed E-state index contributed by atoms with van der Waals surface area (Å²) in [5, 5.41) is 0. The van der Waals surface area contributed by atoms with Gasteiger partial charge in [-0.2, -0.15) is 0 Å². The van der Waals surface area contributed by atoms with Gasteiger partial charge in [0, 0.05) is 38.3 Å². The van der Waals surface area contributed by atoms with E-state index < -0.39 is 0 Å². The average molecular weight is 352 g/mol. The molecule has 0 unspecified atom stereocenters. The van der Waals surface area contributed by atoms with E-state index >= 15 is 0 Å². The minimum absolute atomic E-state index is 0.111. The summed E-state index contributed by atoms with van der Waals surface area (Å²) in [6.45, 7) is 9.26. The smallest absolute Gasteiger partial charge is 0.253 e. The zero-order valence-corrected chi connectivity index (χ0v) is 15.7. The highest BCUT2D eigenvalue weighted by atomic mass is 16.5. The van der Waals surface area contributed by atoms with Crippen molar-refractivity contribution in [3.8, 4) is 5.75 Å². The number of piperazine rings is 1. The average Bonchev–Trinajstić information content (AvgIpc) is 2.68. The summed E-state index contributed by atoms with van der Waals surface area (Å²) in [6, 6.07) is 18.0. The second-order valence-electron chi connectivity index (χ2n) is 7.28. The fourth-order valence-corrected chi connectivity index (χ4v) is 3.09. The number of hydrogen-bond donors (Lipinski definition) is 0. The molecule has 26 heavy (non-hydrogen) atoms. The van der Waals surface area contributed by atoms with Gasteiger partial charge in [0.1, 0.15) is 5.75 Å². The molecule has 1 fully saturated rings. The van der Waals surface area contributed by atoms with E-state index in [0.717, 1.165) is 44.0 Å². The van der Waals surface area contributed by atoms with E-state index in [0.29, 0.717) is 12.5 Å². The lowest BCUT2D eigenvalue weighted by molar-refractivity contribution is 0.0628. The van der Waals surface area contributed by atoms with Crippen molar-refractivity contribution in [1.82, 2.24) is 9.80 Å². The van der Waals surface area contributed by atoms with Crippen molar-refractivity contribution in [2.75, 3.05) is 32.8 Å². The second kappa shape index (κ2) is 8.86. The van der Waals surface area contributed by atoms with Crippen LogP contribution in [0.2, 0.25) is 0 Å². The molecule has 1 aliphatic rings. The number of carbonyl (C=O) groups is 1. The molecule has 2 aromatic carbocycles. The highest BCUT2D eigenvalue weighted by molar-refractivity contribution is 5.94. The van der Waals surface area contributed by atoms with Crippen molar-refractivity contribution >= 4 is 5.91 Å². The number of benzene rings is 2. The van der Waals surface area contributed by atoms with Gasteiger partial charge in [-0.1, -0.05) is 44.2 Å². The van der Waals surface area contributed by atoms with Gasteiger partial charge in [0.2, 0.25) is 0 Å². The van der Waals surface area contributed by atoms with Crippen molar-refractivity contribution in [2.24, 2.45) is 5.92 Å². The summed E-state index contributed by atoms with van der Waals surface area (Å²) in [6.07, 6.45) is 0. The van der Waals surface area contributed by atoms with Gasteiger partial charge < -0.3 is 9.64 Å². The van der Waals surface area contributed by atoms with Crippen LogP contribution in [0.25, 0.3) is 0 Å². The number of nitrogens with zero attached hydrogens (tertiary/aromatic N) is 2. The molecule has 0 N–H and O–H groups in total. The fraction of sp³-hybridized carbons (Fsp3) is 0.409. The molecule has 138 valence electrons. The third-order valence-electron chi connectivity index (χ3n) is 4.59. The summed E-state index contributed by atoms with van der Waals surface area (Å²) in [4.78, 5) is 17.1. The van der Waals surface area contributed by atoms with Crippen molar-refractivity contribution in [1.29, 1.82) is 0 Å². The van der Waals surface area contributed by atoms with E-state index in [1.807, 2.05) is 35.2 Å². The predicted octanol–water partition coefficient (Wildman–Crippen LogP) is 3.68. The van der Waals surface area contributed by atoms with E-state index in [-0.39, 0.29) is 5.91 Å². The normalized spacial score (nSPS) is 15.3. The van der Waals surface area contributed by atoms with E-state index in [2.05, 4.69) is 43.0 Å². The Morgan fingerprint density at radius 3 is 2.23 bits per heavy atom. The van der Waals surface area contributed by atoms with Gasteiger partial charge in [-0.05, 0) is 35.7 Å². The van der Waals surface area contributed by atoms with Crippen LogP contribution in [-0.2, 0) is 6.54 Å². The van der Waals surface area contributed by atoms with Crippen LogP contribution in [0.1, 0.15) is 29.8 Å². The molecule has 4 heteroatoms. The molecular weight excluding hydrogens is 324 g/mol. The topological polar surface area (TPSA) is 32.8 Å². The van der Waals surface area contributed by atoms with Crippen molar-refractivity contribution < 1.29 is 9.53 Å². The maximum Gasteiger partial charge on any atom is 0.253 e. The van der Waals surface area contributed by atoms with Gasteiger partial charge in [-0.3, -0.25) is 9.69 Å². The molecule has 0 radical (unpaired) electrons. The highest BCUT2D eigenvalue weighted by Crippen LogP contribution is 2.16. The SMILES string of the molecule is CC(C)COc1ccc(C(=O)N2CCN(Cc3ccccc3)CC2)cc1. The van der Waals surface area contributed by atoms with Crippen LogP contribution in [0, 0.1) is 5.92 Å². The Balaban J connectivity index is 1.50.